The predicted molar refractivity (Wildman–Crippen MR) is 41.0 cm³/mol. The van der Waals surface area contributed by atoms with Crippen LogP contribution in [0.1, 0.15) is 0 Å². The Labute approximate surface area is 66.0 Å². The monoisotopic (exact) mass is 159 g/mol. The Morgan fingerprint density at radius 1 is 1.45 bits per heavy atom. The molecule has 4 heteroatoms. The van der Waals surface area contributed by atoms with Crippen molar-refractivity contribution in [1.29, 1.82) is 0 Å². The average Bonchev–Trinajstić information content (AvgIpc) is 2.04. The molecule has 0 radical (unpaired) electrons. The van der Waals surface area contributed by atoms with Crippen LogP contribution in [0.5, 0.6) is 0 Å². The Balaban J connectivity index is 3.01. The molecule has 0 aromatic heterocycles. The smallest absolute Gasteiger partial charge is 0.330 e. The zero-order valence-corrected chi connectivity index (χ0v) is 6.41. The van der Waals surface area contributed by atoms with Gasteiger partial charge >= 0.3 is 5.97 Å². The van der Waals surface area contributed by atoms with Crippen LogP contribution in [0.4, 0.5) is 0 Å². The SMILES string of the molecule is C=CC(=O)OCCOCCN. The van der Waals surface area contributed by atoms with E-state index in [1.54, 1.807) is 0 Å². The highest BCUT2D eigenvalue weighted by Crippen LogP contribution is 1.80. The van der Waals surface area contributed by atoms with Gasteiger partial charge in [-0.2, -0.15) is 0 Å². The minimum atomic E-state index is -0.429. The molecule has 0 spiro atoms. The highest BCUT2D eigenvalue weighted by molar-refractivity contribution is 5.81. The van der Waals surface area contributed by atoms with Crippen LogP contribution in [0.25, 0.3) is 0 Å². The lowest BCUT2D eigenvalue weighted by Gasteiger charge is -2.01. The molecule has 0 aromatic rings. The second kappa shape index (κ2) is 7.24. The number of carbonyl (C=O) groups is 1. The molecule has 0 saturated heterocycles. The first kappa shape index (κ1) is 10.1. The van der Waals surface area contributed by atoms with Gasteiger partial charge in [0.2, 0.25) is 0 Å². The van der Waals surface area contributed by atoms with E-state index < -0.39 is 5.97 Å². The zero-order chi connectivity index (χ0) is 8.53. The fraction of sp³-hybridized carbons (Fsp3) is 0.571. The highest BCUT2D eigenvalue weighted by Gasteiger charge is 1.93. The molecule has 0 bridgehead atoms. The molecule has 0 aliphatic heterocycles. The summed E-state index contributed by atoms with van der Waals surface area (Å²) in [7, 11) is 0. The Bertz CT molecular complexity index is 125. The summed E-state index contributed by atoms with van der Waals surface area (Å²) in [5.74, 6) is -0.429. The normalized spacial score (nSPS) is 9.18. The maximum atomic E-state index is 10.4. The standard InChI is InChI=1S/C7H13NO3/c1-2-7(9)11-6-5-10-4-3-8/h2H,1,3-6,8H2. The first-order valence-corrected chi connectivity index (χ1v) is 3.38. The van der Waals surface area contributed by atoms with Crippen LogP contribution in [0.3, 0.4) is 0 Å². The molecule has 0 aliphatic rings. The molecule has 0 rings (SSSR count). The van der Waals surface area contributed by atoms with Crippen molar-refractivity contribution >= 4 is 5.97 Å². The average molecular weight is 159 g/mol. The maximum Gasteiger partial charge on any atom is 0.330 e. The third-order valence-corrected chi connectivity index (χ3v) is 0.901. The van der Waals surface area contributed by atoms with Crippen LogP contribution in [-0.4, -0.2) is 32.3 Å². The lowest BCUT2D eigenvalue weighted by Crippen LogP contribution is -2.13. The van der Waals surface area contributed by atoms with E-state index in [4.69, 9.17) is 10.5 Å². The molecule has 0 aliphatic carbocycles. The summed E-state index contributed by atoms with van der Waals surface area (Å²) in [6, 6.07) is 0. The van der Waals surface area contributed by atoms with Crippen molar-refractivity contribution < 1.29 is 14.3 Å². The minimum absolute atomic E-state index is 0.255. The van der Waals surface area contributed by atoms with Crippen LogP contribution in [-0.2, 0) is 14.3 Å². The van der Waals surface area contributed by atoms with E-state index in [1.165, 1.54) is 0 Å². The van der Waals surface area contributed by atoms with Crippen LogP contribution in [0.2, 0.25) is 0 Å². The Hall–Kier alpha value is -0.870. The van der Waals surface area contributed by atoms with E-state index in [1.807, 2.05) is 0 Å². The number of rotatable bonds is 6. The fourth-order valence-electron chi connectivity index (χ4n) is 0.446. The fourth-order valence-corrected chi connectivity index (χ4v) is 0.446. The molecule has 2 N–H and O–H groups in total. The van der Waals surface area contributed by atoms with Crippen molar-refractivity contribution in [3.05, 3.63) is 12.7 Å². The molecule has 0 heterocycles. The quantitative estimate of drug-likeness (QED) is 0.328. The van der Waals surface area contributed by atoms with Gasteiger partial charge in [0.25, 0.3) is 0 Å². The van der Waals surface area contributed by atoms with Gasteiger partial charge in [-0.1, -0.05) is 6.58 Å². The summed E-state index contributed by atoms with van der Waals surface area (Å²) in [5.41, 5.74) is 5.15. The van der Waals surface area contributed by atoms with Crippen LogP contribution in [0, 0.1) is 0 Å². The lowest BCUT2D eigenvalue weighted by molar-refractivity contribution is -0.139. The number of esters is 1. The van der Waals surface area contributed by atoms with Crippen molar-refractivity contribution in [2.24, 2.45) is 5.73 Å². The third kappa shape index (κ3) is 7.02. The van der Waals surface area contributed by atoms with Crippen molar-refractivity contribution in [2.75, 3.05) is 26.4 Å². The molecule has 0 unspecified atom stereocenters. The Morgan fingerprint density at radius 3 is 2.73 bits per heavy atom. The summed E-state index contributed by atoms with van der Waals surface area (Å²) in [6.45, 7) is 4.85. The van der Waals surface area contributed by atoms with Gasteiger partial charge in [-0.15, -0.1) is 0 Å². The van der Waals surface area contributed by atoms with E-state index in [-0.39, 0.29) is 6.61 Å². The summed E-state index contributed by atoms with van der Waals surface area (Å²) >= 11 is 0. The first-order chi connectivity index (χ1) is 5.31. The number of nitrogens with two attached hydrogens (primary N) is 1. The van der Waals surface area contributed by atoms with Crippen molar-refractivity contribution in [1.82, 2.24) is 0 Å². The lowest BCUT2D eigenvalue weighted by atomic mass is 10.6. The molecular weight excluding hydrogens is 146 g/mol. The second-order valence-corrected chi connectivity index (χ2v) is 1.77. The molecule has 0 amide bonds. The molecule has 4 nitrogen and oxygen atoms in total. The van der Waals surface area contributed by atoms with E-state index >= 15 is 0 Å². The number of hydrogen-bond donors (Lipinski definition) is 1. The molecule has 11 heavy (non-hydrogen) atoms. The van der Waals surface area contributed by atoms with Crippen LogP contribution in [0.15, 0.2) is 12.7 Å². The van der Waals surface area contributed by atoms with Crippen molar-refractivity contribution in [3.8, 4) is 0 Å². The molecule has 0 atom stereocenters. The summed E-state index contributed by atoms with van der Waals surface area (Å²) in [4.78, 5) is 10.4. The van der Waals surface area contributed by atoms with Crippen LogP contribution < -0.4 is 5.73 Å². The molecule has 0 fully saturated rings. The zero-order valence-electron chi connectivity index (χ0n) is 6.41. The number of carbonyl (C=O) groups excluding carboxylic acids is 1. The van der Waals surface area contributed by atoms with E-state index in [9.17, 15) is 4.79 Å². The summed E-state index contributed by atoms with van der Waals surface area (Å²) in [6.07, 6.45) is 1.11. The van der Waals surface area contributed by atoms with Gasteiger partial charge in [0.15, 0.2) is 0 Å². The number of hydrogen-bond acceptors (Lipinski definition) is 4. The van der Waals surface area contributed by atoms with Gasteiger partial charge in [0.1, 0.15) is 6.61 Å². The Morgan fingerprint density at radius 2 is 2.18 bits per heavy atom. The van der Waals surface area contributed by atoms with Gasteiger partial charge in [-0.3, -0.25) is 0 Å². The van der Waals surface area contributed by atoms with E-state index in [0.717, 1.165) is 6.08 Å². The van der Waals surface area contributed by atoms with Gasteiger partial charge in [0, 0.05) is 12.6 Å². The largest absolute Gasteiger partial charge is 0.460 e. The number of ether oxygens (including phenoxy) is 2. The first-order valence-electron chi connectivity index (χ1n) is 3.38. The summed E-state index contributed by atoms with van der Waals surface area (Å²) < 4.78 is 9.56. The third-order valence-electron chi connectivity index (χ3n) is 0.901. The van der Waals surface area contributed by atoms with Gasteiger partial charge in [0.05, 0.1) is 13.2 Å². The molecule has 64 valence electrons. The van der Waals surface area contributed by atoms with Crippen molar-refractivity contribution in [3.63, 3.8) is 0 Å². The topological polar surface area (TPSA) is 61.5 Å². The second-order valence-electron chi connectivity index (χ2n) is 1.77. The molecular formula is C7H13NO3. The van der Waals surface area contributed by atoms with E-state index in [2.05, 4.69) is 11.3 Å². The van der Waals surface area contributed by atoms with Crippen LogP contribution >= 0.6 is 0 Å². The summed E-state index contributed by atoms with van der Waals surface area (Å²) in [5, 5.41) is 0. The van der Waals surface area contributed by atoms with Gasteiger partial charge in [-0.25, -0.2) is 4.79 Å². The van der Waals surface area contributed by atoms with Crippen molar-refractivity contribution in [2.45, 2.75) is 0 Å². The maximum absolute atomic E-state index is 10.4. The highest BCUT2D eigenvalue weighted by atomic mass is 16.6. The molecule has 0 aromatic carbocycles. The predicted octanol–water partition coefficient (Wildman–Crippen LogP) is -0.309. The van der Waals surface area contributed by atoms with Gasteiger partial charge in [-0.05, 0) is 0 Å². The molecule has 0 saturated carbocycles. The minimum Gasteiger partial charge on any atom is -0.460 e. The van der Waals surface area contributed by atoms with E-state index in [0.29, 0.717) is 19.8 Å². The Kier molecular flexibility index (Phi) is 6.67. The van der Waals surface area contributed by atoms with Gasteiger partial charge < -0.3 is 15.2 Å².